The highest BCUT2D eigenvalue weighted by Gasteiger charge is 2.05. The van der Waals surface area contributed by atoms with Crippen LogP contribution >= 0.6 is 0 Å². The van der Waals surface area contributed by atoms with E-state index in [0.717, 1.165) is 12.8 Å². The van der Waals surface area contributed by atoms with E-state index in [1.807, 2.05) is 0 Å². The average Bonchev–Trinajstić information content (AvgIpc) is 2.63. The van der Waals surface area contributed by atoms with Crippen LogP contribution in [0.3, 0.4) is 0 Å². The summed E-state index contributed by atoms with van der Waals surface area (Å²) in [7, 11) is 0. The Labute approximate surface area is 176 Å². The summed E-state index contributed by atoms with van der Waals surface area (Å²) >= 11 is 0. The van der Waals surface area contributed by atoms with Crippen LogP contribution in [0.15, 0.2) is 25.3 Å². The first-order valence-corrected chi connectivity index (χ1v) is 11.4. The maximum Gasteiger partial charge on any atom is 0.0805 e. The van der Waals surface area contributed by atoms with Crippen LogP contribution in [0.1, 0.15) is 110 Å². The van der Waals surface area contributed by atoms with Gasteiger partial charge >= 0.3 is 0 Å². The molecule has 0 saturated carbocycles. The zero-order chi connectivity index (χ0) is 18.4. The predicted molar refractivity (Wildman–Crippen MR) is 116 cm³/mol. The van der Waals surface area contributed by atoms with Crippen LogP contribution in [0.5, 0.6) is 0 Å². The van der Waals surface area contributed by atoms with Crippen molar-refractivity contribution in [2.45, 2.75) is 110 Å². The summed E-state index contributed by atoms with van der Waals surface area (Å²) in [4.78, 5) is 1.73. The first-order chi connectivity index (χ1) is 12.3. The lowest BCUT2D eigenvalue weighted by molar-refractivity contribution is -0.899. The Morgan fingerprint density at radius 3 is 1.23 bits per heavy atom. The van der Waals surface area contributed by atoms with Crippen LogP contribution in [0.4, 0.5) is 0 Å². The minimum absolute atomic E-state index is 0. The van der Waals surface area contributed by atoms with E-state index in [0.29, 0.717) is 0 Å². The molecule has 0 saturated heterocycles. The molecule has 0 fully saturated rings. The molecule has 156 valence electrons. The van der Waals surface area contributed by atoms with Crippen LogP contribution in [0.25, 0.3) is 0 Å². The molecule has 0 aromatic carbocycles. The minimum atomic E-state index is 0. The monoisotopic (exact) mass is 429 g/mol. The second-order valence-corrected chi connectivity index (χ2v) is 7.75. The van der Waals surface area contributed by atoms with Gasteiger partial charge in [-0.3, -0.25) is 0 Å². The van der Waals surface area contributed by atoms with Crippen molar-refractivity contribution in [1.82, 2.24) is 0 Å². The van der Waals surface area contributed by atoms with Gasteiger partial charge in [0.15, 0.2) is 0 Å². The van der Waals surface area contributed by atoms with Gasteiger partial charge in [0.25, 0.3) is 0 Å². The van der Waals surface area contributed by atoms with Crippen molar-refractivity contribution in [2.24, 2.45) is 0 Å². The van der Waals surface area contributed by atoms with Crippen LogP contribution in [0.2, 0.25) is 0 Å². The second-order valence-electron chi connectivity index (χ2n) is 7.75. The first-order valence-electron chi connectivity index (χ1n) is 11.4. The van der Waals surface area contributed by atoms with Gasteiger partial charge in [-0.25, -0.2) is 0 Å². The maximum atomic E-state index is 3.85. The van der Waals surface area contributed by atoms with Gasteiger partial charge in [-0.15, -0.1) is 13.2 Å². The van der Waals surface area contributed by atoms with Crippen LogP contribution in [0, 0.1) is 0 Å². The van der Waals surface area contributed by atoms with Crippen molar-refractivity contribution >= 4 is 0 Å². The van der Waals surface area contributed by atoms with Gasteiger partial charge < -0.3 is 21.9 Å². The Kier molecular flexibility index (Phi) is 27.0. The highest BCUT2D eigenvalue weighted by atomic mass is 79.9. The number of halogens is 1. The summed E-state index contributed by atoms with van der Waals surface area (Å²) in [6, 6.07) is 0. The van der Waals surface area contributed by atoms with Gasteiger partial charge in [-0.1, -0.05) is 96.1 Å². The summed E-state index contributed by atoms with van der Waals surface area (Å²) in [6.07, 6.45) is 26.6. The summed E-state index contributed by atoms with van der Waals surface area (Å²) in [6.45, 7) is 13.8. The van der Waals surface area contributed by atoms with Crippen molar-refractivity contribution in [3.8, 4) is 0 Å². The number of quaternary nitrogens is 1. The van der Waals surface area contributed by atoms with Crippen molar-refractivity contribution in [2.75, 3.05) is 19.6 Å². The zero-order valence-corrected chi connectivity index (χ0v) is 19.5. The van der Waals surface area contributed by atoms with Gasteiger partial charge in [0.2, 0.25) is 0 Å². The van der Waals surface area contributed by atoms with Crippen molar-refractivity contribution in [3.05, 3.63) is 25.3 Å². The highest BCUT2D eigenvalue weighted by Crippen LogP contribution is 2.12. The summed E-state index contributed by atoms with van der Waals surface area (Å²) < 4.78 is 0. The minimum Gasteiger partial charge on any atom is -1.00 e. The predicted octanol–water partition coefficient (Wildman–Crippen LogP) is 3.51. The first kappa shape index (κ1) is 28.1. The van der Waals surface area contributed by atoms with E-state index in [1.54, 1.807) is 4.90 Å². The highest BCUT2D eigenvalue weighted by molar-refractivity contribution is 4.66. The normalized spacial score (nSPS) is 10.7. The molecule has 2 heteroatoms. The van der Waals surface area contributed by atoms with Crippen molar-refractivity contribution in [3.63, 3.8) is 0 Å². The van der Waals surface area contributed by atoms with Gasteiger partial charge in [0, 0.05) is 12.8 Å². The third-order valence-electron chi connectivity index (χ3n) is 5.29. The van der Waals surface area contributed by atoms with E-state index in [-0.39, 0.29) is 17.0 Å². The van der Waals surface area contributed by atoms with E-state index in [4.69, 9.17) is 0 Å². The van der Waals surface area contributed by atoms with Crippen LogP contribution in [-0.4, -0.2) is 19.6 Å². The second kappa shape index (κ2) is 24.9. The van der Waals surface area contributed by atoms with E-state index >= 15 is 0 Å². The lowest BCUT2D eigenvalue weighted by Gasteiger charge is -2.18. The Morgan fingerprint density at radius 1 is 0.538 bits per heavy atom. The molecule has 1 nitrogen and oxygen atoms in total. The molecule has 0 radical (unpaired) electrons. The molecule has 0 aromatic rings. The lowest BCUT2D eigenvalue weighted by atomic mass is 10.0. The lowest BCUT2D eigenvalue weighted by Crippen LogP contribution is -3.12. The Morgan fingerprint density at radius 2 is 0.885 bits per heavy atom. The fourth-order valence-corrected chi connectivity index (χ4v) is 3.56. The Balaban J connectivity index is 0. The topological polar surface area (TPSA) is 4.44 Å². The number of unbranched alkanes of at least 4 members (excludes halogenated alkanes) is 13. The van der Waals surface area contributed by atoms with Gasteiger partial charge in [0.05, 0.1) is 19.6 Å². The molecular weight excluding hydrogens is 382 g/mol. The smallest absolute Gasteiger partial charge is 0.0805 e. The van der Waals surface area contributed by atoms with Crippen LogP contribution in [-0.2, 0) is 0 Å². The molecule has 0 aliphatic heterocycles. The van der Waals surface area contributed by atoms with Gasteiger partial charge in [-0.05, 0) is 12.8 Å². The third kappa shape index (κ3) is 22.0. The van der Waals surface area contributed by atoms with E-state index < -0.39 is 0 Å². The van der Waals surface area contributed by atoms with Crippen molar-refractivity contribution in [1.29, 1.82) is 0 Å². The van der Waals surface area contributed by atoms with Gasteiger partial charge in [0.1, 0.15) is 0 Å². The number of hydrogen-bond donors (Lipinski definition) is 1. The molecule has 0 rings (SSSR count). The number of nitrogens with one attached hydrogen (secondary N) is 1. The molecule has 0 heterocycles. The average molecular weight is 431 g/mol. The van der Waals surface area contributed by atoms with Gasteiger partial charge in [-0.2, -0.15) is 0 Å². The fraction of sp³-hybridized carbons (Fsp3) is 0.833. The molecule has 0 spiro atoms. The molecule has 0 aliphatic carbocycles. The molecule has 0 aromatic heterocycles. The molecule has 0 unspecified atom stereocenters. The molecule has 1 N–H and O–H groups in total. The maximum absolute atomic E-state index is 3.85. The summed E-state index contributed by atoms with van der Waals surface area (Å²) in [5.74, 6) is 0. The third-order valence-corrected chi connectivity index (χ3v) is 5.29. The van der Waals surface area contributed by atoms with E-state index in [9.17, 15) is 0 Å². The quantitative estimate of drug-likeness (QED) is 0.210. The molecule has 26 heavy (non-hydrogen) atoms. The molecule has 0 bridgehead atoms. The summed E-state index contributed by atoms with van der Waals surface area (Å²) in [5.41, 5.74) is 0. The molecule has 0 atom stereocenters. The molecule has 0 aliphatic rings. The molecule has 0 amide bonds. The molecular formula is C24H48BrN. The standard InChI is InChI=1S/C24H47N.BrH/c1-4-7-10-11-12-13-14-15-16-17-18-19-20-21-24-25(22-8-5-2)23-9-6-3;/h5-6H,2-4,7-24H2,1H3;1H. The zero-order valence-electron chi connectivity index (χ0n) is 17.9. The SMILES string of the molecule is C=CCC[NH+](CCC=C)CCCCCCCCCCCCCCCC.[Br-]. The Hall–Kier alpha value is -0.0800. The van der Waals surface area contributed by atoms with E-state index in [2.05, 4.69) is 32.2 Å². The number of hydrogen-bond acceptors (Lipinski definition) is 0. The van der Waals surface area contributed by atoms with Crippen molar-refractivity contribution < 1.29 is 21.9 Å². The fourth-order valence-electron chi connectivity index (χ4n) is 3.56. The van der Waals surface area contributed by atoms with Crippen LogP contribution < -0.4 is 21.9 Å². The largest absolute Gasteiger partial charge is 1.00 e. The summed E-state index contributed by atoms with van der Waals surface area (Å²) in [5, 5.41) is 0. The van der Waals surface area contributed by atoms with E-state index in [1.165, 1.54) is 110 Å². The number of rotatable bonds is 21. The Bertz CT molecular complexity index is 265.